The number of hydrogen-bond acceptors (Lipinski definition) is 19. The number of nitrogens with one attached hydrogen (secondary N) is 2. The second-order valence-electron chi connectivity index (χ2n) is 25.3. The van der Waals surface area contributed by atoms with Gasteiger partial charge in [0.05, 0.1) is 71.8 Å². The van der Waals surface area contributed by atoms with Gasteiger partial charge in [0.1, 0.15) is 40.7 Å². The summed E-state index contributed by atoms with van der Waals surface area (Å²) in [6.45, 7) is 21.0. The molecule has 0 saturated heterocycles. The third kappa shape index (κ3) is 19.2. The Hall–Kier alpha value is -10.2. The quantitative estimate of drug-likeness (QED) is 0.0486. The minimum Gasteiger partial charge on any atom is -0.464 e. The number of ketones is 1. The van der Waals surface area contributed by atoms with E-state index in [0.29, 0.717) is 89.0 Å². The van der Waals surface area contributed by atoms with Crippen molar-refractivity contribution in [3.63, 3.8) is 0 Å². The number of aromatic nitrogens is 5. The van der Waals surface area contributed by atoms with Crippen LogP contribution in [0.4, 0.5) is 28.9 Å². The maximum Gasteiger partial charge on any atom is 0.416 e. The fourth-order valence-electron chi connectivity index (χ4n) is 11.2. The number of H-pyrrole nitrogens is 1. The van der Waals surface area contributed by atoms with Gasteiger partial charge in [-0.3, -0.25) is 28.7 Å². The standard InChI is InChI=1S/C23H32N2O4.C19H12F4N2O2.C16H18Cl2N2O4.C16H17N3O5S/c1-7-16-13-15(3)14-17(8-2)18(16)19-20(26)24-9-11-28-12-10-25(24)21(19)29-22(27)23(4,5)6;20-13-7-9-14(10-8-13)24-18(26)16-5-2-6-17(25-16)27-15-4-1-3-12(11-15)19(21,22)23;1-4-23-14(21)12-9-16(3,15(22)24-5-2)20(19-12)13-7-6-10(17)8-11(13)18;1-9-10(15(20)11-8-17-19(2)16(11)21)4-5-13(25(3,22)23)14(9)12-6-7-24-18-12/h13-14H,7-12H2,1-6H3;1-11H,(H,24,26);6-8H,4-5,9H2,1-3H3;4-5,8,17H,6-7H2,1-3H3. The van der Waals surface area contributed by atoms with Gasteiger partial charge in [-0.1, -0.05) is 72.0 Å². The molecule has 3 aromatic heterocycles. The molecule has 24 nitrogen and oxygen atoms in total. The summed E-state index contributed by atoms with van der Waals surface area (Å²) >= 11 is 12.2. The first-order chi connectivity index (χ1) is 49.5. The molecule has 1 amide bonds. The number of rotatable bonds is 17. The molecule has 5 aromatic carbocycles. The average Bonchev–Trinajstić information content (AvgIpc) is 1.64. The van der Waals surface area contributed by atoms with Crippen molar-refractivity contribution in [1.29, 1.82) is 0 Å². The lowest BCUT2D eigenvalue weighted by atomic mass is 9.91. The van der Waals surface area contributed by atoms with Gasteiger partial charge in [-0.05, 0) is 169 Å². The minimum atomic E-state index is -4.50. The predicted molar refractivity (Wildman–Crippen MR) is 387 cm³/mol. The molecule has 0 fully saturated rings. The molecule has 6 heterocycles. The number of carbonyl (C=O) groups excluding carboxylic acids is 5. The first kappa shape index (κ1) is 80.5. The van der Waals surface area contributed by atoms with Gasteiger partial charge < -0.3 is 38.9 Å². The first-order valence-corrected chi connectivity index (χ1v) is 35.8. The molecular formula is C74H79Cl2F4N9O15S. The molecule has 0 aliphatic carbocycles. The molecule has 1 atom stereocenters. The van der Waals surface area contributed by atoms with Crippen LogP contribution in [0.2, 0.25) is 10.0 Å². The van der Waals surface area contributed by atoms with Crippen molar-refractivity contribution in [3.05, 3.63) is 202 Å². The molecule has 8 aromatic rings. The number of nitrogens with zero attached hydrogens (tertiary/aromatic N) is 7. The van der Waals surface area contributed by atoms with Gasteiger partial charge in [0.15, 0.2) is 21.2 Å². The molecule has 3 aliphatic heterocycles. The topological polar surface area (TPSA) is 292 Å². The van der Waals surface area contributed by atoms with E-state index >= 15 is 0 Å². The predicted octanol–water partition coefficient (Wildman–Crippen LogP) is 13.2. The third-order valence-corrected chi connectivity index (χ3v) is 18.2. The minimum absolute atomic E-state index is 0.00623. The monoisotopic (exact) mass is 1510 g/mol. The number of aromatic amines is 1. The number of anilines is 2. The van der Waals surface area contributed by atoms with Crippen molar-refractivity contribution < 1.29 is 78.5 Å². The summed E-state index contributed by atoms with van der Waals surface area (Å²) in [5.41, 5.74) is 4.00. The highest BCUT2D eigenvalue weighted by Crippen LogP contribution is 2.41. The van der Waals surface area contributed by atoms with E-state index in [4.69, 9.17) is 51.7 Å². The summed E-state index contributed by atoms with van der Waals surface area (Å²) in [7, 11) is -2.02. The Bertz CT molecular complexity index is 4880. The highest BCUT2D eigenvalue weighted by molar-refractivity contribution is 7.90. The number of carbonyl (C=O) groups is 5. The second-order valence-corrected chi connectivity index (χ2v) is 28.2. The number of halogens is 6. The van der Waals surface area contributed by atoms with Crippen LogP contribution in [-0.2, 0) is 82.4 Å². The van der Waals surface area contributed by atoms with Crippen LogP contribution in [0.3, 0.4) is 0 Å². The zero-order valence-electron chi connectivity index (χ0n) is 59.7. The summed E-state index contributed by atoms with van der Waals surface area (Å²) in [5.74, 6) is -2.67. The number of aryl methyl sites for hydroxylation is 4. The lowest BCUT2D eigenvalue weighted by molar-refractivity contribution is -0.148. The Kier molecular flexibility index (Phi) is 26.2. The number of hydrazone groups is 1. The molecule has 31 heteroatoms. The van der Waals surface area contributed by atoms with Crippen LogP contribution in [0.15, 0.2) is 140 Å². The lowest BCUT2D eigenvalue weighted by Gasteiger charge is -2.32. The van der Waals surface area contributed by atoms with Gasteiger partial charge in [0.2, 0.25) is 11.8 Å². The van der Waals surface area contributed by atoms with E-state index in [0.717, 1.165) is 47.9 Å². The molecule has 3 aliphatic rings. The van der Waals surface area contributed by atoms with Crippen LogP contribution in [-0.4, -0.2) is 118 Å². The van der Waals surface area contributed by atoms with Crippen molar-refractivity contribution >= 4 is 85.4 Å². The highest BCUT2D eigenvalue weighted by atomic mass is 35.5. The van der Waals surface area contributed by atoms with Crippen LogP contribution in [0, 0.1) is 25.1 Å². The van der Waals surface area contributed by atoms with Crippen LogP contribution >= 0.6 is 23.2 Å². The first-order valence-electron chi connectivity index (χ1n) is 33.2. The Morgan fingerprint density at radius 1 is 0.771 bits per heavy atom. The maximum atomic E-state index is 13.5. The summed E-state index contributed by atoms with van der Waals surface area (Å²) in [6, 6.07) is 25.7. The molecule has 0 radical (unpaired) electrons. The number of oxime groups is 1. The number of hydrogen-bond donors (Lipinski definition) is 2. The third-order valence-electron chi connectivity index (χ3n) is 16.5. The molecule has 1 unspecified atom stereocenters. The molecule has 0 spiro atoms. The largest absolute Gasteiger partial charge is 0.464 e. The van der Waals surface area contributed by atoms with Gasteiger partial charge in [0, 0.05) is 60.2 Å². The Labute approximate surface area is 612 Å². The van der Waals surface area contributed by atoms with Crippen molar-refractivity contribution in [3.8, 4) is 28.6 Å². The molecule has 558 valence electrons. The van der Waals surface area contributed by atoms with Crippen LogP contribution in [0.1, 0.15) is 128 Å². The zero-order valence-corrected chi connectivity index (χ0v) is 62.0. The normalized spacial score (nSPS) is 14.8. The Morgan fingerprint density at radius 3 is 2.01 bits per heavy atom. The molecule has 11 rings (SSSR count). The zero-order chi connectivity index (χ0) is 77.0. The van der Waals surface area contributed by atoms with Crippen molar-refractivity contribution in [1.82, 2.24) is 24.1 Å². The van der Waals surface area contributed by atoms with E-state index in [1.807, 2.05) is 20.8 Å². The number of pyridine rings is 1. The van der Waals surface area contributed by atoms with E-state index in [-0.39, 0.29) is 70.2 Å². The van der Waals surface area contributed by atoms with Crippen LogP contribution < -0.4 is 30.9 Å². The molecule has 0 bridgehead atoms. The number of ether oxygens (including phenoxy) is 5. The number of fused-ring (bicyclic) bond motifs is 1. The average molecular weight is 1510 g/mol. The Balaban J connectivity index is 0.000000177. The van der Waals surface area contributed by atoms with Gasteiger partial charge in [-0.2, -0.15) is 18.3 Å². The lowest BCUT2D eigenvalue weighted by Crippen LogP contribution is -2.48. The highest BCUT2D eigenvalue weighted by Gasteiger charge is 2.50. The number of benzene rings is 5. The molecule has 0 saturated carbocycles. The summed E-state index contributed by atoms with van der Waals surface area (Å²) < 4.78 is 107. The maximum absolute atomic E-state index is 13.5. The van der Waals surface area contributed by atoms with Crippen molar-refractivity contribution in [2.24, 2.45) is 22.7 Å². The van der Waals surface area contributed by atoms with E-state index < -0.39 is 67.5 Å². The fourth-order valence-corrected chi connectivity index (χ4v) is 12.7. The smallest absolute Gasteiger partial charge is 0.416 e. The second kappa shape index (κ2) is 34.1. The molecule has 2 N–H and O–H groups in total. The van der Waals surface area contributed by atoms with E-state index in [1.165, 1.54) is 95.2 Å². The van der Waals surface area contributed by atoms with E-state index in [2.05, 4.69) is 58.6 Å². The van der Waals surface area contributed by atoms with Gasteiger partial charge in [-0.15, -0.1) is 0 Å². The van der Waals surface area contributed by atoms with Gasteiger partial charge >= 0.3 is 24.1 Å². The van der Waals surface area contributed by atoms with Gasteiger partial charge in [-0.25, -0.2) is 41.8 Å². The summed E-state index contributed by atoms with van der Waals surface area (Å²) in [6.07, 6.45) is 0.0462. The van der Waals surface area contributed by atoms with Crippen LogP contribution in [0.5, 0.6) is 17.5 Å². The Morgan fingerprint density at radius 2 is 1.43 bits per heavy atom. The number of esters is 3. The summed E-state index contributed by atoms with van der Waals surface area (Å²) in [4.78, 5) is 97.0. The molecular weight excluding hydrogens is 1430 g/mol. The number of alkyl halides is 3. The number of sulfone groups is 1. The van der Waals surface area contributed by atoms with E-state index in [9.17, 15) is 59.5 Å². The fraction of sp³-hybridized carbons (Fsp3) is 0.351. The van der Waals surface area contributed by atoms with Gasteiger partial charge in [0.25, 0.3) is 17.0 Å². The van der Waals surface area contributed by atoms with Crippen molar-refractivity contribution in [2.45, 2.75) is 125 Å². The van der Waals surface area contributed by atoms with Crippen LogP contribution in [0.25, 0.3) is 11.1 Å². The van der Waals surface area contributed by atoms with E-state index in [1.54, 1.807) is 55.3 Å². The van der Waals surface area contributed by atoms with Crippen molar-refractivity contribution in [2.75, 3.05) is 49.6 Å². The SMILES string of the molecule is CCOC(=O)C1=NN(c2ccc(Cl)cc2Cl)C(C)(C(=O)OCC)C1.CCc1cc(C)cc(CC)c1-c1c(OC(=O)C(C)(C)C)n2n(c1=O)CCOCC2.Cc1c(C(=O)c2c[nH]n(C)c2=O)ccc(S(C)(=O)=O)c1C1=NOCC1.O=C(Nc1ccc(F)cc1)c1cccc(Oc2cccc(C(F)(F)F)c2)n1. The number of amides is 1. The molecule has 105 heavy (non-hydrogen) atoms. The summed E-state index contributed by atoms with van der Waals surface area (Å²) in [5, 5.41) is 15.5.